The van der Waals surface area contributed by atoms with Gasteiger partial charge in [-0.2, -0.15) is 0 Å². The molecule has 33 heavy (non-hydrogen) atoms. The van der Waals surface area contributed by atoms with Crippen molar-refractivity contribution in [3.05, 3.63) is 59.9 Å². The van der Waals surface area contributed by atoms with E-state index in [0.29, 0.717) is 24.3 Å². The van der Waals surface area contributed by atoms with Crippen LogP contribution >= 0.6 is 0 Å². The van der Waals surface area contributed by atoms with Crippen LogP contribution in [0, 0.1) is 5.82 Å². The van der Waals surface area contributed by atoms with Crippen molar-refractivity contribution >= 4 is 27.5 Å². The Morgan fingerprint density at radius 3 is 2.39 bits per heavy atom. The van der Waals surface area contributed by atoms with Crippen LogP contribution in [0.2, 0.25) is 0 Å². The summed E-state index contributed by atoms with van der Waals surface area (Å²) < 4.78 is 44.8. The molecule has 0 fully saturated rings. The highest BCUT2D eigenvalue weighted by molar-refractivity contribution is 7.92. The second-order valence-electron chi connectivity index (χ2n) is 7.44. The zero-order valence-electron chi connectivity index (χ0n) is 19.2. The molecule has 1 atom stereocenters. The summed E-state index contributed by atoms with van der Waals surface area (Å²) in [6, 6.07) is 11.2. The molecule has 2 aromatic rings. The van der Waals surface area contributed by atoms with E-state index < -0.39 is 34.3 Å². The lowest BCUT2D eigenvalue weighted by molar-refractivity contribution is -0.140. The van der Waals surface area contributed by atoms with E-state index in [9.17, 15) is 22.4 Å². The van der Waals surface area contributed by atoms with E-state index in [1.807, 2.05) is 0 Å². The lowest BCUT2D eigenvalue weighted by Crippen LogP contribution is -2.52. The number of likely N-dealkylation sites (N-methyl/N-ethyl adjacent to an activating group) is 1. The number of carbonyl (C=O) groups is 2. The first-order chi connectivity index (χ1) is 15.6. The Hall–Kier alpha value is -3.14. The number of nitrogens with zero attached hydrogens (tertiary/aromatic N) is 2. The van der Waals surface area contributed by atoms with Crippen molar-refractivity contribution in [1.82, 2.24) is 10.2 Å². The fourth-order valence-corrected chi connectivity index (χ4v) is 4.27. The van der Waals surface area contributed by atoms with Gasteiger partial charge in [0.05, 0.1) is 19.1 Å². The summed E-state index contributed by atoms with van der Waals surface area (Å²) in [4.78, 5) is 27.5. The monoisotopic (exact) mass is 479 g/mol. The lowest BCUT2D eigenvalue weighted by atomic mass is 10.1. The number of nitrogens with one attached hydrogen (secondary N) is 1. The minimum atomic E-state index is -3.91. The summed E-state index contributed by atoms with van der Waals surface area (Å²) >= 11 is 0. The Labute approximate surface area is 194 Å². The number of ether oxygens (including phenoxy) is 1. The molecule has 1 N–H and O–H groups in total. The third kappa shape index (κ3) is 7.18. The zero-order chi connectivity index (χ0) is 24.6. The summed E-state index contributed by atoms with van der Waals surface area (Å²) in [5.74, 6) is -0.974. The Balaban J connectivity index is 2.44. The summed E-state index contributed by atoms with van der Waals surface area (Å²) in [5, 5.41) is 2.72. The summed E-state index contributed by atoms with van der Waals surface area (Å²) in [7, 11) is -2.39. The van der Waals surface area contributed by atoms with Crippen LogP contribution in [0.3, 0.4) is 0 Å². The Bertz CT molecular complexity index is 1080. The van der Waals surface area contributed by atoms with Gasteiger partial charge in [0, 0.05) is 13.1 Å². The molecular formula is C23H30FN3O5S. The highest BCUT2D eigenvalue weighted by atomic mass is 32.2. The van der Waals surface area contributed by atoms with E-state index in [2.05, 4.69) is 5.32 Å². The standard InChI is InChI=1S/C23H30FN3O5S/c1-5-21(23(29)25-6-2)26(15-17-9-7-12-20(13-17)32-3)22(28)16-27(33(4,30)31)19-11-8-10-18(24)14-19/h7-14,21H,5-6,15-16H2,1-4H3,(H,25,29). The van der Waals surface area contributed by atoms with Crippen molar-refractivity contribution in [2.75, 3.05) is 30.8 Å². The average Bonchev–Trinajstić information content (AvgIpc) is 2.76. The molecule has 0 saturated heterocycles. The SMILES string of the molecule is CCNC(=O)C(CC)N(Cc1cccc(OC)c1)C(=O)CN(c1cccc(F)c1)S(C)(=O)=O. The number of hydrogen-bond acceptors (Lipinski definition) is 5. The Morgan fingerprint density at radius 1 is 1.12 bits per heavy atom. The smallest absolute Gasteiger partial charge is 0.244 e. The molecule has 0 saturated carbocycles. The minimum Gasteiger partial charge on any atom is -0.497 e. The van der Waals surface area contributed by atoms with Gasteiger partial charge in [-0.3, -0.25) is 13.9 Å². The van der Waals surface area contributed by atoms with Crippen LogP contribution in [0.5, 0.6) is 5.75 Å². The molecule has 0 heterocycles. The van der Waals surface area contributed by atoms with Gasteiger partial charge in [-0.1, -0.05) is 25.1 Å². The zero-order valence-corrected chi connectivity index (χ0v) is 20.1. The molecule has 1 unspecified atom stereocenters. The fourth-order valence-electron chi connectivity index (χ4n) is 3.42. The molecule has 0 aliphatic heterocycles. The average molecular weight is 480 g/mol. The molecule has 10 heteroatoms. The molecule has 0 bridgehead atoms. The van der Waals surface area contributed by atoms with Crippen LogP contribution in [0.25, 0.3) is 0 Å². The largest absolute Gasteiger partial charge is 0.497 e. The van der Waals surface area contributed by atoms with Crippen molar-refractivity contribution in [2.45, 2.75) is 32.9 Å². The number of methoxy groups -OCH3 is 1. The molecule has 0 aromatic heterocycles. The molecule has 0 spiro atoms. The highest BCUT2D eigenvalue weighted by Crippen LogP contribution is 2.21. The third-order valence-corrected chi connectivity index (χ3v) is 6.14. The molecule has 2 amide bonds. The second kappa shape index (κ2) is 11.6. The molecule has 0 aliphatic rings. The molecule has 2 aromatic carbocycles. The van der Waals surface area contributed by atoms with Crippen molar-refractivity contribution in [3.8, 4) is 5.75 Å². The van der Waals surface area contributed by atoms with Gasteiger partial charge < -0.3 is 15.0 Å². The second-order valence-corrected chi connectivity index (χ2v) is 9.35. The van der Waals surface area contributed by atoms with Crippen molar-refractivity contribution in [2.24, 2.45) is 0 Å². The Kier molecular flexibility index (Phi) is 9.22. The Morgan fingerprint density at radius 2 is 1.82 bits per heavy atom. The van der Waals surface area contributed by atoms with Crippen LogP contribution in [0.15, 0.2) is 48.5 Å². The van der Waals surface area contributed by atoms with E-state index in [1.165, 1.54) is 30.2 Å². The highest BCUT2D eigenvalue weighted by Gasteiger charge is 2.31. The van der Waals surface area contributed by atoms with Crippen LogP contribution < -0.4 is 14.4 Å². The predicted octanol–water partition coefficient (Wildman–Crippen LogP) is 2.54. The van der Waals surface area contributed by atoms with Crippen molar-refractivity contribution in [1.29, 1.82) is 0 Å². The van der Waals surface area contributed by atoms with Crippen LogP contribution in [0.1, 0.15) is 25.8 Å². The maximum Gasteiger partial charge on any atom is 0.244 e. The van der Waals surface area contributed by atoms with E-state index in [0.717, 1.165) is 16.6 Å². The van der Waals surface area contributed by atoms with Gasteiger partial charge >= 0.3 is 0 Å². The van der Waals surface area contributed by atoms with Crippen molar-refractivity contribution in [3.63, 3.8) is 0 Å². The first-order valence-electron chi connectivity index (χ1n) is 10.5. The number of anilines is 1. The summed E-state index contributed by atoms with van der Waals surface area (Å²) in [6.07, 6.45) is 1.26. The van der Waals surface area contributed by atoms with Gasteiger partial charge in [0.2, 0.25) is 21.8 Å². The number of hydrogen-bond donors (Lipinski definition) is 1. The van der Waals surface area contributed by atoms with Gasteiger partial charge in [-0.25, -0.2) is 12.8 Å². The van der Waals surface area contributed by atoms with Crippen LogP contribution in [-0.4, -0.2) is 57.6 Å². The van der Waals surface area contributed by atoms with E-state index >= 15 is 0 Å². The van der Waals surface area contributed by atoms with E-state index in [1.54, 1.807) is 38.1 Å². The topological polar surface area (TPSA) is 96.0 Å². The third-order valence-electron chi connectivity index (χ3n) is 5.00. The number of rotatable bonds is 11. The normalized spacial score (nSPS) is 12.0. The maximum absolute atomic E-state index is 13.8. The van der Waals surface area contributed by atoms with Gasteiger partial charge in [0.1, 0.15) is 24.2 Å². The van der Waals surface area contributed by atoms with Gasteiger partial charge in [0.25, 0.3) is 0 Å². The predicted molar refractivity (Wildman–Crippen MR) is 125 cm³/mol. The maximum atomic E-state index is 13.8. The van der Waals surface area contributed by atoms with E-state index in [4.69, 9.17) is 4.74 Å². The van der Waals surface area contributed by atoms with Gasteiger partial charge in [-0.15, -0.1) is 0 Å². The minimum absolute atomic E-state index is 0.0261. The molecule has 0 radical (unpaired) electrons. The quantitative estimate of drug-likeness (QED) is 0.534. The van der Waals surface area contributed by atoms with Crippen LogP contribution in [0.4, 0.5) is 10.1 Å². The summed E-state index contributed by atoms with van der Waals surface area (Å²) in [6.45, 7) is 3.41. The first kappa shape index (κ1) is 26.1. The number of sulfonamides is 1. The number of amides is 2. The van der Waals surface area contributed by atoms with E-state index in [-0.39, 0.29) is 18.1 Å². The first-order valence-corrected chi connectivity index (χ1v) is 12.4. The fraction of sp³-hybridized carbons (Fsp3) is 0.391. The summed E-state index contributed by atoms with van der Waals surface area (Å²) in [5.41, 5.74) is 0.736. The number of halogens is 1. The van der Waals surface area contributed by atoms with Crippen molar-refractivity contribution < 1.29 is 27.1 Å². The molecule has 8 nitrogen and oxygen atoms in total. The van der Waals surface area contributed by atoms with Gasteiger partial charge in [0.15, 0.2) is 0 Å². The van der Waals surface area contributed by atoms with Crippen LogP contribution in [-0.2, 0) is 26.2 Å². The molecule has 2 rings (SSSR count). The molecule has 0 aliphatic carbocycles. The lowest BCUT2D eigenvalue weighted by Gasteiger charge is -2.32. The number of carbonyl (C=O) groups excluding carboxylic acids is 2. The molecule has 180 valence electrons. The number of benzene rings is 2. The molecular weight excluding hydrogens is 449 g/mol. The van der Waals surface area contributed by atoms with Gasteiger partial charge in [-0.05, 0) is 49.2 Å².